The van der Waals surface area contributed by atoms with Crippen LogP contribution in [-0.2, 0) is 9.53 Å². The first-order chi connectivity index (χ1) is 8.54. The van der Waals surface area contributed by atoms with Gasteiger partial charge in [0.1, 0.15) is 6.04 Å². The number of carbonyl (C=O) groups excluding carboxylic acids is 1. The first-order valence-corrected chi connectivity index (χ1v) is 7.34. The van der Waals surface area contributed by atoms with Crippen molar-refractivity contribution >= 4 is 23.8 Å². The van der Waals surface area contributed by atoms with Gasteiger partial charge in [-0.15, -0.1) is 0 Å². The number of ether oxygens (including phenoxy) is 1. The number of carboxylic acid groups (broad SMARTS) is 1. The molecular weight excluding hydrogens is 256 g/mol. The summed E-state index contributed by atoms with van der Waals surface area (Å²) in [5, 5.41) is 14.2. The molecular formula is C11H20N2O4S. The Hall–Kier alpha value is -0.950. The van der Waals surface area contributed by atoms with Crippen LogP contribution in [0.1, 0.15) is 19.8 Å². The first kappa shape index (κ1) is 15.1. The average Bonchev–Trinajstić information content (AvgIpc) is 2.70. The minimum Gasteiger partial charge on any atom is -0.480 e. The van der Waals surface area contributed by atoms with Gasteiger partial charge in [-0.1, -0.05) is 0 Å². The van der Waals surface area contributed by atoms with Gasteiger partial charge in [-0.25, -0.2) is 9.59 Å². The largest absolute Gasteiger partial charge is 0.480 e. The smallest absolute Gasteiger partial charge is 0.326 e. The van der Waals surface area contributed by atoms with Crippen molar-refractivity contribution in [1.29, 1.82) is 0 Å². The molecule has 2 amide bonds. The molecule has 0 radical (unpaired) electrons. The standard InChI is InChI=1S/C11H20N2O4S/c1-7-8(3-5-17-7)12-11(16)13-9(10(14)15)4-6-18-2/h7-9H,3-6H2,1-2H3,(H,14,15)(H2,12,13,16). The predicted molar refractivity (Wildman–Crippen MR) is 69.9 cm³/mol. The monoisotopic (exact) mass is 276 g/mol. The van der Waals surface area contributed by atoms with Gasteiger partial charge in [-0.3, -0.25) is 0 Å². The number of rotatable bonds is 6. The maximum atomic E-state index is 11.7. The molecule has 0 bridgehead atoms. The van der Waals surface area contributed by atoms with Crippen LogP contribution in [0.3, 0.4) is 0 Å². The molecule has 18 heavy (non-hydrogen) atoms. The topological polar surface area (TPSA) is 87.7 Å². The van der Waals surface area contributed by atoms with Crippen LogP contribution < -0.4 is 10.6 Å². The van der Waals surface area contributed by atoms with Crippen LogP contribution in [0, 0.1) is 0 Å². The molecule has 0 spiro atoms. The zero-order valence-corrected chi connectivity index (χ0v) is 11.5. The molecule has 1 aliphatic heterocycles. The number of carboxylic acids is 1. The molecule has 0 aromatic carbocycles. The van der Waals surface area contributed by atoms with E-state index in [1.165, 1.54) is 0 Å². The van der Waals surface area contributed by atoms with E-state index in [0.717, 1.165) is 6.42 Å². The molecule has 3 N–H and O–H groups in total. The molecule has 3 unspecified atom stereocenters. The Morgan fingerprint density at radius 3 is 2.78 bits per heavy atom. The normalized spacial score (nSPS) is 24.6. The fourth-order valence-electron chi connectivity index (χ4n) is 1.78. The summed E-state index contributed by atoms with van der Waals surface area (Å²) in [6.45, 7) is 2.52. The van der Waals surface area contributed by atoms with E-state index in [4.69, 9.17) is 9.84 Å². The lowest BCUT2D eigenvalue weighted by Crippen LogP contribution is -2.50. The summed E-state index contributed by atoms with van der Waals surface area (Å²) >= 11 is 1.55. The van der Waals surface area contributed by atoms with E-state index in [9.17, 15) is 9.59 Å². The molecule has 1 saturated heterocycles. The highest BCUT2D eigenvalue weighted by molar-refractivity contribution is 7.98. The number of thioether (sulfide) groups is 1. The van der Waals surface area contributed by atoms with E-state index < -0.39 is 18.0 Å². The van der Waals surface area contributed by atoms with Crippen LogP contribution in [0.15, 0.2) is 0 Å². The number of hydrogen-bond donors (Lipinski definition) is 3. The molecule has 1 aliphatic rings. The highest BCUT2D eigenvalue weighted by Crippen LogP contribution is 2.12. The number of aliphatic carboxylic acids is 1. The predicted octanol–water partition coefficient (Wildman–Crippen LogP) is 0.669. The Labute approximate surface area is 111 Å². The van der Waals surface area contributed by atoms with Crippen LogP contribution in [0.2, 0.25) is 0 Å². The summed E-state index contributed by atoms with van der Waals surface area (Å²) in [4.78, 5) is 22.6. The minimum absolute atomic E-state index is 0.0229. The Bertz CT molecular complexity index is 301. The van der Waals surface area contributed by atoms with Crippen molar-refractivity contribution in [3.63, 3.8) is 0 Å². The number of urea groups is 1. The van der Waals surface area contributed by atoms with Crippen molar-refractivity contribution in [2.75, 3.05) is 18.6 Å². The molecule has 0 aromatic rings. The Balaban J connectivity index is 2.38. The zero-order valence-electron chi connectivity index (χ0n) is 10.6. The third-order valence-electron chi connectivity index (χ3n) is 2.91. The number of amides is 2. The third kappa shape index (κ3) is 4.73. The Morgan fingerprint density at radius 1 is 1.56 bits per heavy atom. The summed E-state index contributed by atoms with van der Waals surface area (Å²) in [7, 11) is 0. The van der Waals surface area contributed by atoms with E-state index in [2.05, 4.69) is 10.6 Å². The molecule has 1 fully saturated rings. The maximum absolute atomic E-state index is 11.7. The molecule has 0 aromatic heterocycles. The SMILES string of the molecule is CSCCC(NC(=O)NC1CCOC1C)C(=O)O. The van der Waals surface area contributed by atoms with Crippen LogP contribution in [0.5, 0.6) is 0 Å². The quantitative estimate of drug-likeness (QED) is 0.663. The van der Waals surface area contributed by atoms with Crippen LogP contribution >= 0.6 is 11.8 Å². The van der Waals surface area contributed by atoms with Gasteiger partial charge in [-0.05, 0) is 31.8 Å². The summed E-state index contributed by atoms with van der Waals surface area (Å²) < 4.78 is 5.32. The molecule has 0 aliphatic carbocycles. The molecule has 0 saturated carbocycles. The Kier molecular flexibility index (Phi) is 6.28. The highest BCUT2D eigenvalue weighted by atomic mass is 32.2. The Morgan fingerprint density at radius 2 is 2.28 bits per heavy atom. The lowest BCUT2D eigenvalue weighted by atomic mass is 10.1. The number of carbonyl (C=O) groups is 2. The van der Waals surface area contributed by atoms with Gasteiger partial charge in [0.2, 0.25) is 0 Å². The molecule has 1 rings (SSSR count). The van der Waals surface area contributed by atoms with Gasteiger partial charge >= 0.3 is 12.0 Å². The lowest BCUT2D eigenvalue weighted by molar-refractivity contribution is -0.139. The van der Waals surface area contributed by atoms with Gasteiger partial charge in [0.05, 0.1) is 12.1 Å². The minimum atomic E-state index is -1.00. The summed E-state index contributed by atoms with van der Waals surface area (Å²) in [6.07, 6.45) is 3.05. The molecule has 3 atom stereocenters. The second kappa shape index (κ2) is 7.48. The van der Waals surface area contributed by atoms with Crippen LogP contribution in [0.25, 0.3) is 0 Å². The van der Waals surface area contributed by atoms with E-state index in [1.807, 2.05) is 13.2 Å². The molecule has 6 nitrogen and oxygen atoms in total. The number of nitrogens with one attached hydrogen (secondary N) is 2. The number of hydrogen-bond acceptors (Lipinski definition) is 4. The zero-order chi connectivity index (χ0) is 13.5. The van der Waals surface area contributed by atoms with Crippen molar-refractivity contribution in [1.82, 2.24) is 10.6 Å². The van der Waals surface area contributed by atoms with Gasteiger partial charge in [-0.2, -0.15) is 11.8 Å². The van der Waals surface area contributed by atoms with Crippen molar-refractivity contribution in [3.05, 3.63) is 0 Å². The fourth-order valence-corrected chi connectivity index (χ4v) is 2.25. The van der Waals surface area contributed by atoms with Gasteiger partial charge in [0.25, 0.3) is 0 Å². The maximum Gasteiger partial charge on any atom is 0.326 e. The van der Waals surface area contributed by atoms with E-state index >= 15 is 0 Å². The van der Waals surface area contributed by atoms with Crippen LogP contribution in [-0.4, -0.2) is 53.9 Å². The van der Waals surface area contributed by atoms with Gasteiger partial charge < -0.3 is 20.5 Å². The van der Waals surface area contributed by atoms with E-state index in [1.54, 1.807) is 11.8 Å². The lowest BCUT2D eigenvalue weighted by Gasteiger charge is -2.19. The van der Waals surface area contributed by atoms with Gasteiger partial charge in [0.15, 0.2) is 0 Å². The fraction of sp³-hybridized carbons (Fsp3) is 0.818. The van der Waals surface area contributed by atoms with E-state index in [-0.39, 0.29) is 12.1 Å². The molecule has 7 heteroatoms. The second-order valence-electron chi connectivity index (χ2n) is 4.26. The second-order valence-corrected chi connectivity index (χ2v) is 5.25. The summed E-state index contributed by atoms with van der Waals surface area (Å²) in [5.41, 5.74) is 0. The highest BCUT2D eigenvalue weighted by Gasteiger charge is 2.27. The molecule has 1 heterocycles. The van der Waals surface area contributed by atoms with Crippen molar-refractivity contribution in [3.8, 4) is 0 Å². The van der Waals surface area contributed by atoms with Crippen molar-refractivity contribution < 1.29 is 19.4 Å². The summed E-state index contributed by atoms with van der Waals surface area (Å²) in [5.74, 6) is -0.310. The van der Waals surface area contributed by atoms with E-state index in [0.29, 0.717) is 18.8 Å². The summed E-state index contributed by atoms with van der Waals surface area (Å²) in [6, 6.07) is -1.32. The first-order valence-electron chi connectivity index (χ1n) is 5.95. The average molecular weight is 276 g/mol. The van der Waals surface area contributed by atoms with Crippen LogP contribution in [0.4, 0.5) is 4.79 Å². The third-order valence-corrected chi connectivity index (χ3v) is 3.55. The van der Waals surface area contributed by atoms with Crippen molar-refractivity contribution in [2.24, 2.45) is 0 Å². The molecule has 104 valence electrons. The van der Waals surface area contributed by atoms with Gasteiger partial charge in [0, 0.05) is 6.61 Å². The van der Waals surface area contributed by atoms with Crippen molar-refractivity contribution in [2.45, 2.75) is 38.0 Å².